The predicted octanol–water partition coefficient (Wildman–Crippen LogP) is 1.87. The van der Waals surface area contributed by atoms with E-state index >= 15 is 0 Å². The van der Waals surface area contributed by atoms with E-state index in [0.29, 0.717) is 6.42 Å². The van der Waals surface area contributed by atoms with E-state index in [4.69, 9.17) is 5.53 Å². The molecule has 0 amide bonds. The van der Waals surface area contributed by atoms with Crippen molar-refractivity contribution in [1.29, 1.82) is 0 Å². The molecule has 0 N–H and O–H groups in total. The Morgan fingerprint density at radius 2 is 2.25 bits per heavy atom. The van der Waals surface area contributed by atoms with Crippen molar-refractivity contribution in [2.45, 2.75) is 19.8 Å². The second-order valence-corrected chi connectivity index (χ2v) is 1.87. The minimum Gasteiger partial charge on any atom is -0.331 e. The van der Waals surface area contributed by atoms with E-state index in [1.165, 1.54) is 0 Å². The van der Waals surface area contributed by atoms with E-state index in [1.54, 1.807) is 0 Å². The zero-order valence-corrected chi connectivity index (χ0v) is 12.7. The molecule has 0 saturated heterocycles. The maximum Gasteiger partial charge on any atom is 0.136 e. The molecular formula is C6H10N3OWY-. The van der Waals surface area contributed by atoms with Gasteiger partial charge in [0, 0.05) is 58.7 Å². The van der Waals surface area contributed by atoms with Crippen LogP contribution in [0, 0.1) is 6.42 Å². The summed E-state index contributed by atoms with van der Waals surface area (Å²) in [6.07, 6.45) is 3.16. The van der Waals surface area contributed by atoms with Crippen LogP contribution < -0.4 is 0 Å². The first-order valence-corrected chi connectivity index (χ1v) is 3.11. The summed E-state index contributed by atoms with van der Waals surface area (Å²) in [5.74, 6) is -0.00380. The number of unbranched alkanes of at least 4 members (excludes halogenated alkanes) is 1. The molecule has 0 aromatic rings. The molecule has 6 heteroatoms. The average molecular weight is 413 g/mol. The molecule has 0 spiro atoms. The number of nitrogens with zero attached hydrogens (tertiary/aromatic N) is 3. The Balaban J connectivity index is -0.000000405. The van der Waals surface area contributed by atoms with Gasteiger partial charge in [0.2, 0.25) is 0 Å². The summed E-state index contributed by atoms with van der Waals surface area (Å²) in [5.41, 5.74) is 7.84. The van der Waals surface area contributed by atoms with E-state index in [-0.39, 0.29) is 66.1 Å². The summed E-state index contributed by atoms with van der Waals surface area (Å²) in [7, 11) is 0. The van der Waals surface area contributed by atoms with E-state index in [1.807, 2.05) is 13.3 Å². The van der Waals surface area contributed by atoms with Gasteiger partial charge in [-0.15, -0.1) is 0 Å². The largest absolute Gasteiger partial charge is 0.331 e. The van der Waals surface area contributed by atoms with Gasteiger partial charge in [-0.25, -0.2) is 0 Å². The molecule has 65 valence electrons. The maximum absolute atomic E-state index is 10.7. The standard InChI is InChI=1S/C6H10N3O.W.Y/c1-2-3-4-6(10)5-8-9-7;;/h2H,3-5H2,1H3;;/q-1;;. The molecule has 12 heavy (non-hydrogen) atoms. The summed E-state index contributed by atoms with van der Waals surface area (Å²) in [6, 6.07) is 0. The minimum atomic E-state index is -0.00958. The van der Waals surface area contributed by atoms with Crippen molar-refractivity contribution in [3.63, 3.8) is 0 Å². The zero-order chi connectivity index (χ0) is 7.82. The SMILES string of the molecule is C[CH-]CCC(=O)CN=[N+]=[N-].[W].[Y]. The molecule has 0 rings (SSSR count). The first-order chi connectivity index (χ1) is 4.81. The number of azide groups is 1. The van der Waals surface area contributed by atoms with Crippen LogP contribution in [-0.4, -0.2) is 12.3 Å². The van der Waals surface area contributed by atoms with Crippen LogP contribution in [0.2, 0.25) is 0 Å². The van der Waals surface area contributed by atoms with E-state index in [0.717, 1.165) is 6.42 Å². The topological polar surface area (TPSA) is 65.8 Å². The third kappa shape index (κ3) is 13.4. The first kappa shape index (κ1) is 18.5. The van der Waals surface area contributed by atoms with Crippen LogP contribution in [0.5, 0.6) is 0 Å². The zero-order valence-electron chi connectivity index (χ0n) is 6.93. The second-order valence-electron chi connectivity index (χ2n) is 1.87. The van der Waals surface area contributed by atoms with Gasteiger partial charge in [-0.3, -0.25) is 4.79 Å². The molecule has 0 saturated carbocycles. The predicted molar refractivity (Wildman–Crippen MR) is 38.2 cm³/mol. The number of carbonyl (C=O) groups excluding carboxylic acids is 1. The molecule has 0 aromatic carbocycles. The molecule has 1 radical (unpaired) electrons. The number of hydrogen-bond donors (Lipinski definition) is 0. The van der Waals surface area contributed by atoms with Crippen LogP contribution in [0.3, 0.4) is 0 Å². The molecule has 0 unspecified atom stereocenters. The van der Waals surface area contributed by atoms with Gasteiger partial charge in [-0.05, 0) is 12.0 Å². The van der Waals surface area contributed by atoms with Crippen molar-refractivity contribution in [2.75, 3.05) is 6.54 Å². The van der Waals surface area contributed by atoms with Crippen LogP contribution in [-0.2, 0) is 58.6 Å². The molecule has 0 aliphatic carbocycles. The van der Waals surface area contributed by atoms with Crippen molar-refractivity contribution in [3.05, 3.63) is 16.9 Å². The molecule has 0 atom stereocenters. The normalized spacial score (nSPS) is 7.08. The maximum atomic E-state index is 10.7. The number of hydrogen-bond acceptors (Lipinski definition) is 2. The Hall–Kier alpha value is 0.772. The van der Waals surface area contributed by atoms with Crippen LogP contribution in [0.4, 0.5) is 0 Å². The summed E-state index contributed by atoms with van der Waals surface area (Å²) >= 11 is 0. The third-order valence-corrected chi connectivity index (χ3v) is 1.02. The Morgan fingerprint density at radius 1 is 1.67 bits per heavy atom. The van der Waals surface area contributed by atoms with E-state index in [9.17, 15) is 4.79 Å². The molecule has 0 fully saturated rings. The molecular weight excluding hydrogens is 403 g/mol. The third-order valence-electron chi connectivity index (χ3n) is 1.02. The van der Waals surface area contributed by atoms with Gasteiger partial charge in [0.1, 0.15) is 5.78 Å². The van der Waals surface area contributed by atoms with Gasteiger partial charge < -0.3 is 6.42 Å². The van der Waals surface area contributed by atoms with Crippen molar-refractivity contribution in [1.82, 2.24) is 0 Å². The number of ketones is 1. The Bertz CT molecular complexity index is 159. The van der Waals surface area contributed by atoms with Crippen LogP contribution in [0.1, 0.15) is 19.8 Å². The van der Waals surface area contributed by atoms with E-state index in [2.05, 4.69) is 10.0 Å². The Morgan fingerprint density at radius 3 is 2.67 bits per heavy atom. The smallest absolute Gasteiger partial charge is 0.136 e. The number of rotatable bonds is 5. The molecule has 0 aliphatic rings. The van der Waals surface area contributed by atoms with Crippen LogP contribution in [0.25, 0.3) is 10.4 Å². The summed E-state index contributed by atoms with van der Waals surface area (Å²) in [4.78, 5) is 13.2. The van der Waals surface area contributed by atoms with Gasteiger partial charge in [0.25, 0.3) is 0 Å². The van der Waals surface area contributed by atoms with Crippen LogP contribution >= 0.6 is 0 Å². The molecule has 4 nitrogen and oxygen atoms in total. The number of Topliss-reactive ketones (excluding diaryl/α,β-unsaturated/α-hetero) is 1. The van der Waals surface area contributed by atoms with Gasteiger partial charge in [-0.1, -0.05) is 5.11 Å². The van der Waals surface area contributed by atoms with Gasteiger partial charge >= 0.3 is 0 Å². The second kappa shape index (κ2) is 14.3. The first-order valence-electron chi connectivity index (χ1n) is 3.11. The molecule has 0 heterocycles. The monoisotopic (exact) mass is 413 g/mol. The Labute approximate surface area is 112 Å². The molecule has 0 aliphatic heterocycles. The molecule has 0 bridgehead atoms. The fraction of sp³-hybridized carbons (Fsp3) is 0.667. The fourth-order valence-electron chi connectivity index (χ4n) is 0.495. The van der Waals surface area contributed by atoms with Crippen molar-refractivity contribution in [2.24, 2.45) is 5.11 Å². The van der Waals surface area contributed by atoms with E-state index < -0.39 is 0 Å². The van der Waals surface area contributed by atoms with Crippen molar-refractivity contribution < 1.29 is 58.6 Å². The van der Waals surface area contributed by atoms with Crippen LogP contribution in [0.15, 0.2) is 5.11 Å². The van der Waals surface area contributed by atoms with Gasteiger partial charge in [0.05, 0.1) is 6.54 Å². The summed E-state index contributed by atoms with van der Waals surface area (Å²) in [5, 5.41) is 3.14. The quantitative estimate of drug-likeness (QED) is 0.294. The van der Waals surface area contributed by atoms with Crippen molar-refractivity contribution in [3.8, 4) is 0 Å². The number of carbonyl (C=O) groups is 1. The molecule has 0 aromatic heterocycles. The average Bonchev–Trinajstić information content (AvgIpc) is 1.97. The summed E-state index contributed by atoms with van der Waals surface area (Å²) in [6.45, 7) is 1.88. The van der Waals surface area contributed by atoms with Crippen molar-refractivity contribution >= 4 is 5.78 Å². The fourth-order valence-corrected chi connectivity index (χ4v) is 0.495. The minimum absolute atomic E-state index is 0. The van der Waals surface area contributed by atoms with Gasteiger partial charge in [-0.2, -0.15) is 13.3 Å². The summed E-state index contributed by atoms with van der Waals surface area (Å²) < 4.78 is 0. The Kier molecular flexibility index (Phi) is 22.1. The van der Waals surface area contributed by atoms with Gasteiger partial charge in [0.15, 0.2) is 0 Å².